The van der Waals surface area contributed by atoms with E-state index in [0.29, 0.717) is 31.7 Å². The van der Waals surface area contributed by atoms with Crippen molar-refractivity contribution < 1.29 is 18.0 Å². The fourth-order valence-corrected chi connectivity index (χ4v) is 5.84. The Hall–Kier alpha value is -2.91. The first kappa shape index (κ1) is 22.3. The zero-order valence-corrected chi connectivity index (χ0v) is 19.6. The first-order chi connectivity index (χ1) is 15.3. The number of fused-ring (bicyclic) bond motifs is 1. The number of amides is 2. The molecule has 1 fully saturated rings. The van der Waals surface area contributed by atoms with Gasteiger partial charge in [0.05, 0.1) is 11.3 Å². The largest absolute Gasteiger partial charge is 0.339 e. The predicted octanol–water partition coefficient (Wildman–Crippen LogP) is 3.64. The number of thiophene rings is 1. The van der Waals surface area contributed by atoms with Gasteiger partial charge in [0, 0.05) is 32.1 Å². The van der Waals surface area contributed by atoms with Crippen LogP contribution in [-0.4, -0.2) is 56.2 Å². The van der Waals surface area contributed by atoms with Gasteiger partial charge in [-0.15, -0.1) is 11.3 Å². The summed E-state index contributed by atoms with van der Waals surface area (Å²) in [4.78, 5) is 29.1. The highest BCUT2D eigenvalue weighted by molar-refractivity contribution is 7.94. The van der Waals surface area contributed by atoms with Crippen molar-refractivity contribution in [1.82, 2.24) is 9.80 Å². The molecule has 0 aliphatic carbocycles. The molecule has 1 aliphatic heterocycles. The van der Waals surface area contributed by atoms with Crippen LogP contribution in [0.15, 0.2) is 58.1 Å². The molecule has 7 nitrogen and oxygen atoms in total. The van der Waals surface area contributed by atoms with Crippen LogP contribution in [-0.2, 0) is 14.8 Å². The van der Waals surface area contributed by atoms with Gasteiger partial charge in [0.25, 0.3) is 15.9 Å². The lowest BCUT2D eigenvalue weighted by molar-refractivity contribution is -0.135. The van der Waals surface area contributed by atoms with Crippen LogP contribution in [0.4, 0.5) is 5.69 Å². The Kier molecular flexibility index (Phi) is 6.21. The van der Waals surface area contributed by atoms with E-state index in [4.69, 9.17) is 0 Å². The molecule has 0 spiro atoms. The van der Waals surface area contributed by atoms with Gasteiger partial charge in [-0.3, -0.25) is 14.3 Å². The number of piperazine rings is 1. The number of nitrogens with zero attached hydrogens (tertiary/aromatic N) is 2. The Morgan fingerprint density at radius 3 is 2.16 bits per heavy atom. The molecule has 0 saturated carbocycles. The second kappa shape index (κ2) is 8.91. The minimum atomic E-state index is -3.81. The highest BCUT2D eigenvalue weighted by Gasteiger charge is 2.28. The fourth-order valence-electron chi connectivity index (χ4n) is 3.78. The summed E-state index contributed by atoms with van der Waals surface area (Å²) < 4.78 is 28.5. The minimum Gasteiger partial charge on any atom is -0.339 e. The number of carbonyl (C=O) groups is 2. The van der Waals surface area contributed by atoms with Crippen molar-refractivity contribution >= 4 is 49.6 Å². The Labute approximate surface area is 191 Å². The van der Waals surface area contributed by atoms with Crippen LogP contribution < -0.4 is 4.72 Å². The van der Waals surface area contributed by atoms with Gasteiger partial charge in [-0.1, -0.05) is 44.2 Å². The summed E-state index contributed by atoms with van der Waals surface area (Å²) in [5.41, 5.74) is 0.551. The molecule has 3 aromatic rings. The van der Waals surface area contributed by atoms with Crippen LogP contribution in [0.5, 0.6) is 0 Å². The lowest BCUT2D eigenvalue weighted by atomic mass is 10.0. The van der Waals surface area contributed by atoms with E-state index in [9.17, 15) is 18.0 Å². The molecular weight excluding hydrogens is 446 g/mol. The number of sulfonamides is 1. The zero-order chi connectivity index (χ0) is 22.9. The molecule has 32 heavy (non-hydrogen) atoms. The van der Waals surface area contributed by atoms with Crippen molar-refractivity contribution in [2.45, 2.75) is 18.1 Å². The lowest BCUT2D eigenvalue weighted by Crippen LogP contribution is -2.51. The van der Waals surface area contributed by atoms with Crippen LogP contribution in [0.3, 0.4) is 0 Å². The molecule has 1 saturated heterocycles. The Morgan fingerprint density at radius 1 is 0.938 bits per heavy atom. The fraction of sp³-hybridized carbons (Fsp3) is 0.304. The third-order valence-electron chi connectivity index (χ3n) is 5.49. The van der Waals surface area contributed by atoms with Crippen molar-refractivity contribution in [3.8, 4) is 0 Å². The van der Waals surface area contributed by atoms with Gasteiger partial charge in [-0.05, 0) is 34.4 Å². The molecule has 0 unspecified atom stereocenters. The quantitative estimate of drug-likeness (QED) is 0.616. The summed E-state index contributed by atoms with van der Waals surface area (Å²) in [5.74, 6) is -0.264. The summed E-state index contributed by atoms with van der Waals surface area (Å²) in [5, 5.41) is 3.38. The number of hydrogen-bond donors (Lipinski definition) is 1. The van der Waals surface area contributed by atoms with E-state index in [1.165, 1.54) is 6.07 Å². The molecule has 0 radical (unpaired) electrons. The number of nitrogens with one attached hydrogen (secondary N) is 1. The average molecular weight is 472 g/mol. The molecule has 0 bridgehead atoms. The minimum absolute atomic E-state index is 0.0761. The van der Waals surface area contributed by atoms with Gasteiger partial charge in [0.2, 0.25) is 5.91 Å². The molecule has 2 heterocycles. The maximum atomic E-state index is 13.4. The third kappa shape index (κ3) is 4.49. The Bertz CT molecular complexity index is 1250. The van der Waals surface area contributed by atoms with Gasteiger partial charge in [0.15, 0.2) is 0 Å². The second-order valence-corrected chi connectivity index (χ2v) is 10.9. The Morgan fingerprint density at radius 2 is 1.56 bits per heavy atom. The summed E-state index contributed by atoms with van der Waals surface area (Å²) in [6.45, 7) is 5.46. The van der Waals surface area contributed by atoms with Gasteiger partial charge >= 0.3 is 0 Å². The molecule has 1 aromatic heterocycles. The van der Waals surface area contributed by atoms with Gasteiger partial charge < -0.3 is 9.80 Å². The highest BCUT2D eigenvalue weighted by Crippen LogP contribution is 2.29. The lowest BCUT2D eigenvalue weighted by Gasteiger charge is -2.36. The van der Waals surface area contributed by atoms with E-state index in [2.05, 4.69) is 4.72 Å². The predicted molar refractivity (Wildman–Crippen MR) is 126 cm³/mol. The van der Waals surface area contributed by atoms with Gasteiger partial charge in [-0.25, -0.2) is 8.42 Å². The van der Waals surface area contributed by atoms with Crippen molar-refractivity contribution in [2.75, 3.05) is 30.9 Å². The topological polar surface area (TPSA) is 86.8 Å². The van der Waals surface area contributed by atoms with Crippen LogP contribution in [0.2, 0.25) is 0 Å². The smallest absolute Gasteiger partial charge is 0.271 e. The molecule has 1 aliphatic rings. The molecule has 2 aromatic carbocycles. The molecular formula is C23H25N3O4S2. The van der Waals surface area contributed by atoms with Crippen molar-refractivity contribution in [2.24, 2.45) is 5.92 Å². The van der Waals surface area contributed by atoms with Crippen molar-refractivity contribution in [1.29, 1.82) is 0 Å². The summed E-state index contributed by atoms with van der Waals surface area (Å²) in [6.07, 6.45) is 0. The first-order valence-corrected chi connectivity index (χ1v) is 12.8. The second-order valence-electron chi connectivity index (χ2n) is 8.05. The maximum Gasteiger partial charge on any atom is 0.271 e. The summed E-state index contributed by atoms with van der Waals surface area (Å²) in [6, 6.07) is 14.1. The zero-order valence-electron chi connectivity index (χ0n) is 17.9. The molecule has 4 rings (SSSR count). The standard InChI is InChI=1S/C23H25N3O4S2/c1-16(2)22(27)25-9-11-26(12-10-25)23(28)19-14-17-6-3-4-7-18(17)15-20(19)24-32(29,30)21-8-5-13-31-21/h3-8,13-16,24H,9-12H2,1-2H3. The number of hydrogen-bond acceptors (Lipinski definition) is 5. The third-order valence-corrected chi connectivity index (χ3v) is 8.26. The molecule has 0 atom stereocenters. The van der Waals surface area contributed by atoms with E-state index in [1.807, 2.05) is 38.1 Å². The van der Waals surface area contributed by atoms with E-state index in [0.717, 1.165) is 22.1 Å². The highest BCUT2D eigenvalue weighted by atomic mass is 32.2. The maximum absolute atomic E-state index is 13.4. The van der Waals surface area contributed by atoms with Gasteiger partial charge in [-0.2, -0.15) is 0 Å². The molecule has 9 heteroatoms. The number of carbonyl (C=O) groups excluding carboxylic acids is 2. The SMILES string of the molecule is CC(C)C(=O)N1CCN(C(=O)c2cc3ccccc3cc2NS(=O)(=O)c2cccs2)CC1. The van der Waals surface area contributed by atoms with Gasteiger partial charge in [0.1, 0.15) is 4.21 Å². The van der Waals surface area contributed by atoms with E-state index in [-0.39, 0.29) is 27.6 Å². The van der Waals surface area contributed by atoms with Crippen LogP contribution in [0.1, 0.15) is 24.2 Å². The molecule has 2 amide bonds. The average Bonchev–Trinajstić information content (AvgIpc) is 3.33. The van der Waals surface area contributed by atoms with Crippen LogP contribution in [0.25, 0.3) is 10.8 Å². The van der Waals surface area contributed by atoms with Crippen LogP contribution in [0, 0.1) is 5.92 Å². The Balaban J connectivity index is 1.65. The van der Waals surface area contributed by atoms with Crippen molar-refractivity contribution in [3.05, 3.63) is 59.5 Å². The van der Waals surface area contributed by atoms with Crippen molar-refractivity contribution in [3.63, 3.8) is 0 Å². The van der Waals surface area contributed by atoms with Crippen LogP contribution >= 0.6 is 11.3 Å². The monoisotopic (exact) mass is 471 g/mol. The van der Waals surface area contributed by atoms with E-state index < -0.39 is 10.0 Å². The number of rotatable bonds is 5. The summed E-state index contributed by atoms with van der Waals surface area (Å²) >= 11 is 1.12. The molecule has 1 N–H and O–H groups in total. The number of benzene rings is 2. The first-order valence-electron chi connectivity index (χ1n) is 10.4. The summed E-state index contributed by atoms with van der Waals surface area (Å²) in [7, 11) is -3.81. The molecule has 168 valence electrons. The normalized spacial score (nSPS) is 14.7. The number of anilines is 1. The van der Waals surface area contributed by atoms with E-state index in [1.54, 1.807) is 33.4 Å². The van der Waals surface area contributed by atoms with E-state index >= 15 is 0 Å².